The molecule has 2 bridgehead atoms. The molecule has 0 radical (unpaired) electrons. The molecule has 3 fully saturated rings. The van der Waals surface area contributed by atoms with Gasteiger partial charge in [-0.3, -0.25) is 14.4 Å². The van der Waals surface area contributed by atoms with Crippen LogP contribution in [0.15, 0.2) is 60.7 Å². The van der Waals surface area contributed by atoms with Crippen molar-refractivity contribution >= 4 is 17.7 Å². The van der Waals surface area contributed by atoms with Gasteiger partial charge < -0.3 is 25.4 Å². The van der Waals surface area contributed by atoms with Crippen LogP contribution in [0.3, 0.4) is 0 Å². The molecule has 8 nitrogen and oxygen atoms in total. The Morgan fingerprint density at radius 2 is 1.57 bits per heavy atom. The fraction of sp³-hybridized carbons (Fsp3) is 0.483. The molecule has 8 heteroatoms. The van der Waals surface area contributed by atoms with E-state index < -0.39 is 35.1 Å². The molecule has 1 spiro atoms. The first-order valence-electron chi connectivity index (χ1n) is 13.1. The molecule has 2 aromatic rings. The van der Waals surface area contributed by atoms with E-state index in [1.165, 1.54) is 4.90 Å². The topological polar surface area (TPSA) is 108 Å². The van der Waals surface area contributed by atoms with Gasteiger partial charge >= 0.3 is 0 Å². The summed E-state index contributed by atoms with van der Waals surface area (Å²) in [5.74, 6) is -2.35. The second kappa shape index (κ2) is 9.91. The molecule has 3 amide bonds. The third-order valence-electron chi connectivity index (χ3n) is 8.44. The molecule has 2 unspecified atom stereocenters. The maximum atomic E-state index is 14.0. The molecule has 3 aliphatic rings. The highest BCUT2D eigenvalue weighted by atomic mass is 16.5. The van der Waals surface area contributed by atoms with E-state index in [0.29, 0.717) is 32.4 Å². The van der Waals surface area contributed by atoms with Crippen molar-refractivity contribution in [2.75, 3.05) is 6.61 Å². The number of likely N-dealkylation sites (tertiary alicyclic amines) is 1. The Bertz CT molecular complexity index is 1150. The number of aliphatic hydroxyl groups is 1. The maximum absolute atomic E-state index is 14.0. The Kier molecular flexibility index (Phi) is 6.81. The number of aliphatic hydroxyl groups excluding tert-OH is 1. The lowest BCUT2D eigenvalue weighted by Gasteiger charge is -2.36. The molecular formula is C29H35N3O5. The molecule has 3 saturated heterocycles. The number of carbonyl (C=O) groups is 3. The zero-order chi connectivity index (χ0) is 26.2. The summed E-state index contributed by atoms with van der Waals surface area (Å²) < 4.78 is 6.62. The number of nitrogens with zero attached hydrogens (tertiary/aromatic N) is 1. The summed E-state index contributed by atoms with van der Waals surface area (Å²) in [6.45, 7) is 4.15. The lowest BCUT2D eigenvalue weighted by molar-refractivity contribution is -0.149. The van der Waals surface area contributed by atoms with Gasteiger partial charge in [-0.15, -0.1) is 0 Å². The summed E-state index contributed by atoms with van der Waals surface area (Å²) in [4.78, 5) is 42.9. The number of benzene rings is 2. The van der Waals surface area contributed by atoms with E-state index >= 15 is 0 Å². The molecular weight excluding hydrogens is 470 g/mol. The number of amides is 3. The van der Waals surface area contributed by atoms with E-state index in [2.05, 4.69) is 10.6 Å². The Morgan fingerprint density at radius 3 is 2.11 bits per heavy atom. The fourth-order valence-electron chi connectivity index (χ4n) is 6.65. The second-order valence-corrected chi connectivity index (χ2v) is 10.6. The summed E-state index contributed by atoms with van der Waals surface area (Å²) >= 11 is 0. The molecule has 5 rings (SSSR count). The van der Waals surface area contributed by atoms with E-state index in [1.807, 2.05) is 74.5 Å². The molecule has 0 saturated carbocycles. The van der Waals surface area contributed by atoms with Crippen LogP contribution >= 0.6 is 0 Å². The van der Waals surface area contributed by atoms with E-state index in [4.69, 9.17) is 4.74 Å². The van der Waals surface area contributed by atoms with Gasteiger partial charge in [-0.2, -0.15) is 0 Å². The number of hydrogen-bond acceptors (Lipinski definition) is 5. The van der Waals surface area contributed by atoms with Gasteiger partial charge in [0.1, 0.15) is 11.6 Å². The number of carbonyl (C=O) groups excluding carboxylic acids is 3. The summed E-state index contributed by atoms with van der Waals surface area (Å²) in [5, 5.41) is 16.1. The highest BCUT2D eigenvalue weighted by molar-refractivity contribution is 5.99. The van der Waals surface area contributed by atoms with Crippen molar-refractivity contribution in [2.45, 2.75) is 69.5 Å². The molecule has 3 heterocycles. The van der Waals surface area contributed by atoms with Crippen LogP contribution in [0.2, 0.25) is 0 Å². The fourth-order valence-corrected chi connectivity index (χ4v) is 6.65. The van der Waals surface area contributed by atoms with Crippen molar-refractivity contribution in [1.82, 2.24) is 15.5 Å². The quantitative estimate of drug-likeness (QED) is 0.484. The third kappa shape index (κ3) is 4.22. The Labute approximate surface area is 217 Å². The molecule has 37 heavy (non-hydrogen) atoms. The average molecular weight is 506 g/mol. The molecule has 3 aliphatic heterocycles. The number of nitrogens with one attached hydrogen (secondary N) is 2. The van der Waals surface area contributed by atoms with Crippen molar-refractivity contribution in [3.63, 3.8) is 0 Å². The normalized spacial score (nSPS) is 30.7. The van der Waals surface area contributed by atoms with Crippen molar-refractivity contribution in [3.05, 3.63) is 71.8 Å². The average Bonchev–Trinajstić information content (AvgIpc) is 3.49. The molecule has 196 valence electrons. The Morgan fingerprint density at radius 1 is 1.00 bits per heavy atom. The van der Waals surface area contributed by atoms with Gasteiger partial charge in [0.25, 0.3) is 0 Å². The van der Waals surface area contributed by atoms with Gasteiger partial charge in [0, 0.05) is 13.1 Å². The molecule has 0 aromatic heterocycles. The van der Waals surface area contributed by atoms with Crippen LogP contribution in [0, 0.1) is 11.8 Å². The number of fused-ring (bicyclic) bond motifs is 1. The minimum Gasteiger partial charge on any atom is -0.394 e. The van der Waals surface area contributed by atoms with Crippen LogP contribution in [0.5, 0.6) is 0 Å². The van der Waals surface area contributed by atoms with Gasteiger partial charge in [-0.1, -0.05) is 67.6 Å². The minimum absolute atomic E-state index is 0.242. The first-order chi connectivity index (χ1) is 17.8. The number of rotatable bonds is 9. The van der Waals surface area contributed by atoms with E-state index in [1.54, 1.807) is 0 Å². The zero-order valence-corrected chi connectivity index (χ0v) is 21.4. The number of ether oxygens (including phenoxy) is 1. The minimum atomic E-state index is -1.11. The summed E-state index contributed by atoms with van der Waals surface area (Å²) in [6.07, 6.45) is 1.56. The van der Waals surface area contributed by atoms with Crippen LogP contribution < -0.4 is 10.6 Å². The predicted octanol–water partition coefficient (Wildman–Crippen LogP) is 2.15. The third-order valence-corrected chi connectivity index (χ3v) is 8.44. The van der Waals surface area contributed by atoms with E-state index in [-0.39, 0.29) is 24.3 Å². The first kappa shape index (κ1) is 25.4. The van der Waals surface area contributed by atoms with Crippen LogP contribution in [0.4, 0.5) is 0 Å². The van der Waals surface area contributed by atoms with Crippen LogP contribution in [0.1, 0.15) is 44.2 Å². The van der Waals surface area contributed by atoms with Crippen LogP contribution in [0.25, 0.3) is 0 Å². The van der Waals surface area contributed by atoms with E-state index in [0.717, 1.165) is 11.1 Å². The molecule has 3 N–H and O–H groups in total. The summed E-state index contributed by atoms with van der Waals surface area (Å²) in [6, 6.07) is 17.7. The number of hydrogen-bond donors (Lipinski definition) is 3. The summed E-state index contributed by atoms with van der Waals surface area (Å²) in [5.41, 5.74) is -0.0452. The lowest BCUT2D eigenvalue weighted by atomic mass is 9.66. The first-order valence-corrected chi connectivity index (χ1v) is 13.1. The van der Waals surface area contributed by atoms with Crippen LogP contribution in [-0.2, 0) is 32.2 Å². The Hall–Kier alpha value is -3.23. The van der Waals surface area contributed by atoms with Gasteiger partial charge in [0.15, 0.2) is 0 Å². The van der Waals surface area contributed by atoms with Gasteiger partial charge in [0.05, 0.1) is 30.1 Å². The second-order valence-electron chi connectivity index (χ2n) is 10.6. The monoisotopic (exact) mass is 505 g/mol. The van der Waals surface area contributed by atoms with Gasteiger partial charge in [-0.05, 0) is 37.3 Å². The van der Waals surface area contributed by atoms with Crippen molar-refractivity contribution in [1.29, 1.82) is 0 Å². The predicted molar refractivity (Wildman–Crippen MR) is 137 cm³/mol. The standard InChI is InChI=1S/C29H35N3O5/c1-3-21(18-33)32-24(26(35)31-17-20-12-8-5-9-13-20)29-15-14-28(2,37-29)22(23(29)27(32)36)25(34)30-16-19-10-6-4-7-11-19/h4-13,21-24,33H,3,14-18H2,1-2H3,(H,30,34)(H,31,35)/t21-,22+,23-,24?,28-,29?/m0/s1. The molecule has 2 aromatic carbocycles. The lowest BCUT2D eigenvalue weighted by Crippen LogP contribution is -2.57. The van der Waals surface area contributed by atoms with Crippen molar-refractivity contribution in [3.8, 4) is 0 Å². The SMILES string of the molecule is CC[C@@H](CO)N1C(=O)[C@@H]2[C@H](C(=O)NCc3ccccc3)[C@]3(C)CCC2(O3)C1C(=O)NCc1ccccc1. The largest absolute Gasteiger partial charge is 0.394 e. The highest BCUT2D eigenvalue weighted by Crippen LogP contribution is 2.63. The summed E-state index contributed by atoms with van der Waals surface area (Å²) in [7, 11) is 0. The van der Waals surface area contributed by atoms with Crippen LogP contribution in [-0.4, -0.2) is 57.6 Å². The Balaban J connectivity index is 1.44. The molecule has 0 aliphatic carbocycles. The smallest absolute Gasteiger partial charge is 0.246 e. The molecule has 6 atom stereocenters. The maximum Gasteiger partial charge on any atom is 0.246 e. The highest BCUT2D eigenvalue weighted by Gasteiger charge is 2.78. The van der Waals surface area contributed by atoms with Crippen molar-refractivity contribution in [2.24, 2.45) is 11.8 Å². The van der Waals surface area contributed by atoms with E-state index in [9.17, 15) is 19.5 Å². The van der Waals surface area contributed by atoms with Crippen molar-refractivity contribution < 1.29 is 24.2 Å². The zero-order valence-electron chi connectivity index (χ0n) is 21.4. The van der Waals surface area contributed by atoms with Gasteiger partial charge in [0.2, 0.25) is 17.7 Å². The van der Waals surface area contributed by atoms with Gasteiger partial charge in [-0.25, -0.2) is 0 Å².